The van der Waals surface area contributed by atoms with E-state index in [2.05, 4.69) is 5.16 Å². The quantitative estimate of drug-likeness (QED) is 0.617. The number of rotatable bonds is 8. The number of carbonyl (C=O) groups is 2. The molecule has 166 valence electrons. The molecule has 0 saturated heterocycles. The van der Waals surface area contributed by atoms with E-state index in [0.717, 1.165) is 36.8 Å². The van der Waals surface area contributed by atoms with E-state index < -0.39 is 5.97 Å². The minimum atomic E-state index is -0.748. The van der Waals surface area contributed by atoms with Crippen LogP contribution in [0.2, 0.25) is 0 Å². The molecule has 0 radical (unpaired) electrons. The molecule has 0 bridgehead atoms. The van der Waals surface area contributed by atoms with E-state index in [1.807, 2.05) is 38.1 Å². The highest BCUT2D eigenvalue weighted by atomic mass is 16.5. The number of carboxylic acid groups (broad SMARTS) is 1. The molecule has 2 aliphatic carbocycles. The first kappa shape index (κ1) is 21.4. The summed E-state index contributed by atoms with van der Waals surface area (Å²) in [6.45, 7) is 3.76. The average molecular weight is 427 g/mol. The molecule has 1 heterocycles. The number of aromatic nitrogens is 1. The van der Waals surface area contributed by atoms with Crippen molar-refractivity contribution >= 4 is 11.9 Å². The summed E-state index contributed by atoms with van der Waals surface area (Å²) in [7, 11) is 0. The van der Waals surface area contributed by atoms with Crippen molar-refractivity contribution in [2.24, 2.45) is 11.8 Å². The van der Waals surface area contributed by atoms with Gasteiger partial charge in [0.2, 0.25) is 0 Å². The lowest BCUT2D eigenvalue weighted by atomic mass is 9.87. The molecule has 1 aromatic heterocycles. The van der Waals surface area contributed by atoms with Gasteiger partial charge in [-0.3, -0.25) is 9.59 Å². The van der Waals surface area contributed by atoms with Crippen molar-refractivity contribution in [3.8, 4) is 17.1 Å². The molecule has 3 atom stereocenters. The van der Waals surface area contributed by atoms with Crippen LogP contribution in [0, 0.1) is 18.8 Å². The maximum Gasteiger partial charge on any atom is 0.310 e. The topological polar surface area (TPSA) is 98.9 Å². The number of ether oxygens (including phenoxy) is 2. The lowest BCUT2D eigenvalue weighted by Gasteiger charge is -2.27. The summed E-state index contributed by atoms with van der Waals surface area (Å²) in [5.41, 5.74) is 2.21. The smallest absolute Gasteiger partial charge is 0.310 e. The Hall–Kier alpha value is -2.83. The second-order valence-corrected chi connectivity index (χ2v) is 8.75. The van der Waals surface area contributed by atoms with E-state index in [0.29, 0.717) is 36.0 Å². The number of carboxylic acids is 1. The van der Waals surface area contributed by atoms with Gasteiger partial charge in [-0.05, 0) is 82.6 Å². The molecule has 1 N–H and O–H groups in total. The number of aryl methyl sites for hydroxylation is 1. The standard InChI is InChI=1S/C24H29NO6/c1-14-21(13-22(26)29-15(2)16-6-7-16)23(31-25-14)17-8-10-19(11-9-17)30-20-5-3-4-18(12-20)24(27)28/h8-11,15-16,18,20H,3-7,12-13H2,1-2H3,(H,27,28)/t15-,18-,20+/m1/s1. The SMILES string of the molecule is Cc1noc(-c2ccc(O[C@H]3CCC[C@@H](C(=O)O)C3)cc2)c1CC(=O)O[C@H](C)C1CC1. The number of hydrogen-bond donors (Lipinski definition) is 1. The lowest BCUT2D eigenvalue weighted by molar-refractivity contribution is -0.148. The first-order chi connectivity index (χ1) is 14.9. The second kappa shape index (κ2) is 9.12. The summed E-state index contributed by atoms with van der Waals surface area (Å²) < 4.78 is 17.1. The van der Waals surface area contributed by atoms with Crippen LogP contribution in [-0.2, 0) is 20.7 Å². The number of benzene rings is 1. The van der Waals surface area contributed by atoms with E-state index >= 15 is 0 Å². The van der Waals surface area contributed by atoms with Crippen LogP contribution in [0.15, 0.2) is 28.8 Å². The molecular weight excluding hydrogens is 398 g/mol. The molecule has 0 unspecified atom stereocenters. The fourth-order valence-electron chi connectivity index (χ4n) is 4.23. The number of carbonyl (C=O) groups excluding carboxylic acids is 1. The minimum absolute atomic E-state index is 0.0481. The van der Waals surface area contributed by atoms with Crippen LogP contribution in [0.5, 0.6) is 5.75 Å². The Labute approximate surface area is 181 Å². The van der Waals surface area contributed by atoms with Gasteiger partial charge in [0.05, 0.1) is 24.1 Å². The predicted molar refractivity (Wildman–Crippen MR) is 113 cm³/mol. The third kappa shape index (κ3) is 5.27. The summed E-state index contributed by atoms with van der Waals surface area (Å²) in [5.74, 6) is 0.396. The number of hydrogen-bond acceptors (Lipinski definition) is 6. The Bertz CT molecular complexity index is 930. The fourth-order valence-corrected chi connectivity index (χ4v) is 4.23. The zero-order valence-corrected chi connectivity index (χ0v) is 18.0. The molecule has 2 saturated carbocycles. The van der Waals surface area contributed by atoms with Crippen molar-refractivity contribution in [3.05, 3.63) is 35.5 Å². The van der Waals surface area contributed by atoms with Gasteiger partial charge >= 0.3 is 11.9 Å². The van der Waals surface area contributed by atoms with Crippen LogP contribution in [0.4, 0.5) is 0 Å². The third-order valence-corrected chi connectivity index (χ3v) is 6.30. The van der Waals surface area contributed by atoms with Gasteiger partial charge in [0, 0.05) is 11.1 Å². The predicted octanol–water partition coefficient (Wildman–Crippen LogP) is 4.56. The van der Waals surface area contributed by atoms with Crippen molar-refractivity contribution in [1.82, 2.24) is 5.16 Å². The Morgan fingerprint density at radius 2 is 1.94 bits per heavy atom. The Kier molecular flexibility index (Phi) is 6.30. The van der Waals surface area contributed by atoms with Gasteiger partial charge in [0.15, 0.2) is 5.76 Å². The van der Waals surface area contributed by atoms with Crippen LogP contribution >= 0.6 is 0 Å². The lowest BCUT2D eigenvalue weighted by Crippen LogP contribution is -2.29. The van der Waals surface area contributed by atoms with E-state index in [1.54, 1.807) is 0 Å². The first-order valence-corrected chi connectivity index (χ1v) is 11.0. The van der Waals surface area contributed by atoms with Crippen LogP contribution in [0.25, 0.3) is 11.3 Å². The summed E-state index contributed by atoms with van der Waals surface area (Å²) >= 11 is 0. The van der Waals surface area contributed by atoms with Crippen molar-refractivity contribution in [2.75, 3.05) is 0 Å². The maximum absolute atomic E-state index is 12.4. The van der Waals surface area contributed by atoms with Crippen molar-refractivity contribution < 1.29 is 28.7 Å². The number of aliphatic carboxylic acids is 1. The number of nitrogens with zero attached hydrogens (tertiary/aromatic N) is 1. The molecule has 7 heteroatoms. The Morgan fingerprint density at radius 1 is 1.19 bits per heavy atom. The minimum Gasteiger partial charge on any atom is -0.490 e. The van der Waals surface area contributed by atoms with E-state index in [4.69, 9.17) is 14.0 Å². The van der Waals surface area contributed by atoms with Crippen LogP contribution in [0.1, 0.15) is 56.7 Å². The van der Waals surface area contributed by atoms with Crippen LogP contribution in [-0.4, -0.2) is 34.4 Å². The summed E-state index contributed by atoms with van der Waals surface area (Å²) in [6.07, 6.45) is 5.19. The van der Waals surface area contributed by atoms with E-state index in [1.165, 1.54) is 0 Å². The number of esters is 1. The molecule has 31 heavy (non-hydrogen) atoms. The highest BCUT2D eigenvalue weighted by molar-refractivity contribution is 5.77. The molecule has 2 aromatic rings. The van der Waals surface area contributed by atoms with Gasteiger partial charge < -0.3 is 19.1 Å². The van der Waals surface area contributed by atoms with Gasteiger partial charge in [0.1, 0.15) is 11.9 Å². The maximum atomic E-state index is 12.4. The molecule has 2 fully saturated rings. The normalized spacial score (nSPS) is 22.0. The fraction of sp³-hybridized carbons (Fsp3) is 0.542. The van der Waals surface area contributed by atoms with Crippen molar-refractivity contribution in [1.29, 1.82) is 0 Å². The van der Waals surface area contributed by atoms with Gasteiger partial charge in [0.25, 0.3) is 0 Å². The molecule has 7 nitrogen and oxygen atoms in total. The van der Waals surface area contributed by atoms with Crippen LogP contribution < -0.4 is 4.74 Å². The first-order valence-electron chi connectivity index (χ1n) is 11.0. The molecule has 0 spiro atoms. The van der Waals surface area contributed by atoms with Crippen molar-refractivity contribution in [2.45, 2.75) is 71.0 Å². The second-order valence-electron chi connectivity index (χ2n) is 8.75. The Balaban J connectivity index is 1.41. The highest BCUT2D eigenvalue weighted by Crippen LogP contribution is 2.35. The molecular formula is C24H29NO6. The summed E-state index contributed by atoms with van der Waals surface area (Å²) in [4.78, 5) is 23.6. The zero-order chi connectivity index (χ0) is 22.0. The summed E-state index contributed by atoms with van der Waals surface area (Å²) in [6, 6.07) is 7.42. The monoisotopic (exact) mass is 427 g/mol. The highest BCUT2D eigenvalue weighted by Gasteiger charge is 2.31. The molecule has 0 aliphatic heterocycles. The van der Waals surface area contributed by atoms with Gasteiger partial charge in [-0.1, -0.05) is 5.16 Å². The van der Waals surface area contributed by atoms with E-state index in [-0.39, 0.29) is 30.5 Å². The van der Waals surface area contributed by atoms with E-state index in [9.17, 15) is 14.7 Å². The van der Waals surface area contributed by atoms with Gasteiger partial charge in [-0.15, -0.1) is 0 Å². The largest absolute Gasteiger partial charge is 0.490 e. The molecule has 2 aliphatic rings. The van der Waals surface area contributed by atoms with Crippen molar-refractivity contribution in [3.63, 3.8) is 0 Å². The summed E-state index contributed by atoms with van der Waals surface area (Å²) in [5, 5.41) is 13.3. The van der Waals surface area contributed by atoms with Crippen LogP contribution in [0.3, 0.4) is 0 Å². The average Bonchev–Trinajstić information content (AvgIpc) is 3.54. The molecule has 1 aromatic carbocycles. The molecule has 0 amide bonds. The zero-order valence-electron chi connectivity index (χ0n) is 18.0. The molecule has 4 rings (SSSR count). The van der Waals surface area contributed by atoms with Gasteiger partial charge in [-0.25, -0.2) is 0 Å². The van der Waals surface area contributed by atoms with Gasteiger partial charge in [-0.2, -0.15) is 0 Å². The Morgan fingerprint density at radius 3 is 2.61 bits per heavy atom. The third-order valence-electron chi connectivity index (χ3n) is 6.30.